The van der Waals surface area contributed by atoms with Gasteiger partial charge in [-0.1, -0.05) is 42.5 Å². The first-order chi connectivity index (χ1) is 7.42. The Morgan fingerprint density at radius 2 is 2.00 bits per heavy atom. The summed E-state index contributed by atoms with van der Waals surface area (Å²) in [6.45, 7) is 2.50. The van der Waals surface area contributed by atoms with Gasteiger partial charge < -0.3 is 0 Å². The molecule has 1 unspecified atom stereocenters. The van der Waals surface area contributed by atoms with Crippen LogP contribution in [-0.4, -0.2) is 24.0 Å². The molecule has 1 heteroatoms. The van der Waals surface area contributed by atoms with Crippen molar-refractivity contribution in [1.82, 2.24) is 4.90 Å². The molecule has 1 aromatic carbocycles. The van der Waals surface area contributed by atoms with Crippen LogP contribution in [0.5, 0.6) is 0 Å². The number of fused-ring (bicyclic) bond motifs is 2. The molecule has 1 aliphatic heterocycles. The number of nitrogens with zero attached hydrogens (tertiary/aromatic N) is 1. The molecule has 15 heavy (non-hydrogen) atoms. The molecule has 3 rings (SSSR count). The van der Waals surface area contributed by atoms with Crippen molar-refractivity contribution < 1.29 is 0 Å². The number of rotatable bonds is 3. The molecule has 0 radical (unpaired) electrons. The molecule has 1 fully saturated rings. The van der Waals surface area contributed by atoms with Gasteiger partial charge in [0.15, 0.2) is 0 Å². The van der Waals surface area contributed by atoms with E-state index in [1.54, 1.807) is 0 Å². The first-order valence-electron chi connectivity index (χ1n) is 5.88. The van der Waals surface area contributed by atoms with Gasteiger partial charge in [0.25, 0.3) is 0 Å². The number of likely N-dealkylation sites (tertiary alicyclic amines) is 1. The Bertz CT molecular complexity index is 355. The Morgan fingerprint density at radius 1 is 1.13 bits per heavy atom. The zero-order valence-electron chi connectivity index (χ0n) is 8.97. The van der Waals surface area contributed by atoms with E-state index in [4.69, 9.17) is 0 Å². The molecular formula is C14H17N. The van der Waals surface area contributed by atoms with Gasteiger partial charge in [0.1, 0.15) is 0 Å². The third-order valence-corrected chi connectivity index (χ3v) is 3.62. The number of hydrogen-bond acceptors (Lipinski definition) is 1. The van der Waals surface area contributed by atoms with E-state index in [0.29, 0.717) is 0 Å². The van der Waals surface area contributed by atoms with Gasteiger partial charge in [0.2, 0.25) is 0 Å². The van der Waals surface area contributed by atoms with Crippen LogP contribution in [0.1, 0.15) is 12.0 Å². The van der Waals surface area contributed by atoms with Gasteiger partial charge >= 0.3 is 0 Å². The van der Waals surface area contributed by atoms with Crippen LogP contribution in [0.15, 0.2) is 42.5 Å². The van der Waals surface area contributed by atoms with Gasteiger partial charge in [-0.25, -0.2) is 0 Å². The summed E-state index contributed by atoms with van der Waals surface area (Å²) in [5, 5.41) is 0. The molecule has 1 aromatic rings. The maximum atomic E-state index is 2.62. The minimum Gasteiger partial charge on any atom is -0.296 e. The topological polar surface area (TPSA) is 3.24 Å². The minimum atomic E-state index is 0.749. The normalized spacial score (nSPS) is 28.8. The summed E-state index contributed by atoms with van der Waals surface area (Å²) in [4.78, 5) is 2.62. The van der Waals surface area contributed by atoms with Crippen molar-refractivity contribution in [2.24, 2.45) is 5.92 Å². The van der Waals surface area contributed by atoms with Crippen LogP contribution < -0.4 is 0 Å². The lowest BCUT2D eigenvalue weighted by molar-refractivity contribution is 0.283. The van der Waals surface area contributed by atoms with Crippen LogP contribution in [0.25, 0.3) is 0 Å². The fourth-order valence-electron chi connectivity index (χ4n) is 2.77. The fraction of sp³-hybridized carbons (Fsp3) is 0.429. The second-order valence-electron chi connectivity index (χ2n) is 4.68. The first kappa shape index (κ1) is 9.17. The Hall–Kier alpha value is -1.08. The van der Waals surface area contributed by atoms with E-state index in [-0.39, 0.29) is 0 Å². The highest BCUT2D eigenvalue weighted by atomic mass is 15.2. The molecule has 0 saturated carbocycles. The van der Waals surface area contributed by atoms with E-state index >= 15 is 0 Å². The van der Waals surface area contributed by atoms with Gasteiger partial charge in [0.05, 0.1) is 0 Å². The Labute approximate surface area is 91.4 Å². The summed E-state index contributed by atoms with van der Waals surface area (Å²) < 4.78 is 0. The molecule has 1 saturated heterocycles. The smallest absolute Gasteiger partial charge is 0.0284 e. The third kappa shape index (κ3) is 1.84. The molecule has 78 valence electrons. The summed E-state index contributed by atoms with van der Waals surface area (Å²) in [6.07, 6.45) is 7.34. The number of hydrogen-bond donors (Lipinski definition) is 0. The Kier molecular flexibility index (Phi) is 2.34. The van der Waals surface area contributed by atoms with E-state index < -0.39 is 0 Å². The van der Waals surface area contributed by atoms with Crippen LogP contribution in [0.3, 0.4) is 0 Å². The molecule has 1 heterocycles. The van der Waals surface area contributed by atoms with Crippen molar-refractivity contribution in [2.45, 2.75) is 18.9 Å². The fourth-order valence-corrected chi connectivity index (χ4v) is 2.77. The van der Waals surface area contributed by atoms with Crippen LogP contribution >= 0.6 is 0 Å². The summed E-state index contributed by atoms with van der Waals surface area (Å²) in [5.41, 5.74) is 1.46. The van der Waals surface area contributed by atoms with Gasteiger partial charge in [0, 0.05) is 19.1 Å². The molecule has 0 aromatic heterocycles. The molecule has 0 amide bonds. The highest BCUT2D eigenvalue weighted by Crippen LogP contribution is 2.31. The molecule has 1 aliphatic carbocycles. The van der Waals surface area contributed by atoms with Crippen LogP contribution in [-0.2, 0) is 6.42 Å². The first-order valence-corrected chi connectivity index (χ1v) is 5.88. The average Bonchev–Trinajstić information content (AvgIpc) is 2.89. The van der Waals surface area contributed by atoms with Crippen LogP contribution in [0, 0.1) is 5.92 Å². The standard InChI is InChI=1S/C14H17N/c1-2-4-12(5-3-1)8-9-15-11-13-6-7-14(15)10-13/h1-7,13-14H,8-11H2/t13?,14-/m1/s1. The highest BCUT2D eigenvalue weighted by molar-refractivity contribution is 5.16. The zero-order chi connectivity index (χ0) is 10.1. The summed E-state index contributed by atoms with van der Waals surface area (Å²) in [7, 11) is 0. The van der Waals surface area contributed by atoms with Gasteiger partial charge in [-0.3, -0.25) is 4.90 Å². The van der Waals surface area contributed by atoms with Gasteiger partial charge in [-0.15, -0.1) is 0 Å². The highest BCUT2D eigenvalue weighted by Gasteiger charge is 2.32. The van der Waals surface area contributed by atoms with Crippen molar-refractivity contribution in [3.8, 4) is 0 Å². The van der Waals surface area contributed by atoms with E-state index in [1.807, 2.05) is 0 Å². The lowest BCUT2D eigenvalue weighted by Gasteiger charge is -2.23. The summed E-state index contributed by atoms with van der Waals surface area (Å²) >= 11 is 0. The van der Waals surface area contributed by atoms with E-state index in [0.717, 1.165) is 12.0 Å². The lowest BCUT2D eigenvalue weighted by Crippen LogP contribution is -2.31. The average molecular weight is 199 g/mol. The predicted molar refractivity (Wildman–Crippen MR) is 62.8 cm³/mol. The minimum absolute atomic E-state index is 0.749. The third-order valence-electron chi connectivity index (χ3n) is 3.62. The van der Waals surface area contributed by atoms with Crippen molar-refractivity contribution in [3.63, 3.8) is 0 Å². The molecule has 0 N–H and O–H groups in total. The maximum absolute atomic E-state index is 2.62. The lowest BCUT2D eigenvalue weighted by atomic mass is 10.1. The maximum Gasteiger partial charge on any atom is 0.0284 e. The molecule has 2 atom stereocenters. The second kappa shape index (κ2) is 3.82. The van der Waals surface area contributed by atoms with Crippen molar-refractivity contribution >= 4 is 0 Å². The second-order valence-corrected chi connectivity index (χ2v) is 4.68. The molecule has 0 spiro atoms. The van der Waals surface area contributed by atoms with Crippen LogP contribution in [0.2, 0.25) is 0 Å². The molecular weight excluding hydrogens is 182 g/mol. The van der Waals surface area contributed by atoms with Crippen molar-refractivity contribution in [1.29, 1.82) is 0 Å². The molecule has 2 aliphatic rings. The Balaban J connectivity index is 1.57. The zero-order valence-corrected chi connectivity index (χ0v) is 8.97. The monoisotopic (exact) mass is 199 g/mol. The van der Waals surface area contributed by atoms with Crippen molar-refractivity contribution in [3.05, 3.63) is 48.0 Å². The van der Waals surface area contributed by atoms with Crippen molar-refractivity contribution in [2.75, 3.05) is 13.1 Å². The molecule has 1 nitrogen and oxygen atoms in total. The quantitative estimate of drug-likeness (QED) is 0.676. The summed E-state index contributed by atoms with van der Waals surface area (Å²) in [6, 6.07) is 11.5. The van der Waals surface area contributed by atoms with E-state index in [9.17, 15) is 0 Å². The van der Waals surface area contributed by atoms with Gasteiger partial charge in [-0.2, -0.15) is 0 Å². The molecule has 2 bridgehead atoms. The van der Waals surface area contributed by atoms with E-state index in [2.05, 4.69) is 47.4 Å². The van der Waals surface area contributed by atoms with Gasteiger partial charge in [-0.05, 0) is 24.3 Å². The largest absolute Gasteiger partial charge is 0.296 e. The SMILES string of the molecule is C1=C[C@@H]2CC1CN2CCc1ccccc1. The Morgan fingerprint density at radius 3 is 2.67 bits per heavy atom. The predicted octanol–water partition coefficient (Wildman–Crippen LogP) is 2.49. The number of benzene rings is 1. The van der Waals surface area contributed by atoms with E-state index in [1.165, 1.54) is 31.5 Å². The van der Waals surface area contributed by atoms with Crippen LogP contribution in [0.4, 0.5) is 0 Å². The summed E-state index contributed by atoms with van der Waals surface area (Å²) in [5.74, 6) is 0.853.